The van der Waals surface area contributed by atoms with Crippen molar-refractivity contribution in [3.05, 3.63) is 29.8 Å². The third-order valence-electron chi connectivity index (χ3n) is 3.41. The van der Waals surface area contributed by atoms with Crippen molar-refractivity contribution in [3.63, 3.8) is 0 Å². The van der Waals surface area contributed by atoms with Gasteiger partial charge in [-0.25, -0.2) is 0 Å². The first kappa shape index (κ1) is 15.0. The minimum Gasteiger partial charge on any atom is -0.497 e. The Labute approximate surface area is 122 Å². The van der Waals surface area contributed by atoms with Gasteiger partial charge in [-0.2, -0.15) is 0 Å². The predicted octanol–water partition coefficient (Wildman–Crippen LogP) is 0.657. The summed E-state index contributed by atoms with van der Waals surface area (Å²) >= 11 is 0. The van der Waals surface area contributed by atoms with Crippen LogP contribution in [0.15, 0.2) is 24.3 Å². The van der Waals surface area contributed by atoms with Crippen LogP contribution in [0.4, 0.5) is 0 Å². The average molecular weight is 291 g/mol. The number of nitrogens with one attached hydrogen (secondary N) is 1. The van der Waals surface area contributed by atoms with E-state index >= 15 is 0 Å². The maximum atomic E-state index is 12.4. The second kappa shape index (κ2) is 6.39. The van der Waals surface area contributed by atoms with Gasteiger partial charge in [0.1, 0.15) is 5.75 Å². The van der Waals surface area contributed by atoms with Crippen molar-refractivity contribution in [1.82, 2.24) is 5.32 Å². The number of ether oxygens (including phenoxy) is 2. The standard InChI is InChI=1S/C15H17NO5/c1-3-21-15(19)12-13(17)11(8-16-14(12)18)9-4-6-10(20-2)7-5-9/h4-7,11-12H,3,8H2,1-2H3,(H,16,18). The van der Waals surface area contributed by atoms with E-state index in [1.807, 2.05) is 0 Å². The van der Waals surface area contributed by atoms with Gasteiger partial charge in [0.15, 0.2) is 11.7 Å². The van der Waals surface area contributed by atoms with Crippen LogP contribution in [0.5, 0.6) is 5.75 Å². The maximum absolute atomic E-state index is 12.4. The normalized spacial score (nSPS) is 21.6. The van der Waals surface area contributed by atoms with Gasteiger partial charge >= 0.3 is 5.97 Å². The third kappa shape index (κ3) is 3.04. The molecule has 0 saturated carbocycles. The van der Waals surface area contributed by atoms with Crippen LogP contribution >= 0.6 is 0 Å². The number of amides is 1. The molecular formula is C15H17NO5. The summed E-state index contributed by atoms with van der Waals surface area (Å²) < 4.78 is 9.87. The van der Waals surface area contributed by atoms with Crippen LogP contribution in [0.3, 0.4) is 0 Å². The number of benzene rings is 1. The zero-order chi connectivity index (χ0) is 15.4. The molecular weight excluding hydrogens is 274 g/mol. The highest BCUT2D eigenvalue weighted by atomic mass is 16.5. The molecule has 2 rings (SSSR count). The molecule has 1 aromatic rings. The molecule has 21 heavy (non-hydrogen) atoms. The minimum absolute atomic E-state index is 0.128. The Morgan fingerprint density at radius 2 is 1.95 bits per heavy atom. The molecule has 1 aromatic carbocycles. The molecule has 1 aliphatic rings. The van der Waals surface area contributed by atoms with Crippen LogP contribution in [0.1, 0.15) is 18.4 Å². The molecule has 2 atom stereocenters. The van der Waals surface area contributed by atoms with E-state index in [4.69, 9.17) is 9.47 Å². The zero-order valence-corrected chi connectivity index (χ0v) is 11.9. The summed E-state index contributed by atoms with van der Waals surface area (Å²) in [5.41, 5.74) is 0.732. The van der Waals surface area contributed by atoms with Crippen LogP contribution in [-0.2, 0) is 19.1 Å². The number of esters is 1. The molecule has 1 saturated heterocycles. The van der Waals surface area contributed by atoms with Crippen molar-refractivity contribution in [3.8, 4) is 5.75 Å². The number of carbonyl (C=O) groups excluding carboxylic acids is 3. The topological polar surface area (TPSA) is 81.7 Å². The van der Waals surface area contributed by atoms with Gasteiger partial charge in [0.25, 0.3) is 0 Å². The van der Waals surface area contributed by atoms with Crippen molar-refractivity contribution in [2.45, 2.75) is 12.8 Å². The van der Waals surface area contributed by atoms with Crippen LogP contribution in [-0.4, -0.2) is 37.9 Å². The Balaban J connectivity index is 2.22. The predicted molar refractivity (Wildman–Crippen MR) is 73.9 cm³/mol. The van der Waals surface area contributed by atoms with Crippen molar-refractivity contribution in [2.75, 3.05) is 20.3 Å². The lowest BCUT2D eigenvalue weighted by atomic mass is 9.83. The molecule has 1 heterocycles. The van der Waals surface area contributed by atoms with E-state index in [-0.39, 0.29) is 13.2 Å². The summed E-state index contributed by atoms with van der Waals surface area (Å²) in [7, 11) is 1.55. The highest BCUT2D eigenvalue weighted by molar-refractivity contribution is 6.19. The number of rotatable bonds is 4. The number of Topliss-reactive ketones (excluding diaryl/α,β-unsaturated/α-hetero) is 1. The van der Waals surface area contributed by atoms with Gasteiger partial charge in [-0.05, 0) is 24.6 Å². The summed E-state index contributed by atoms with van der Waals surface area (Å²) in [4.78, 5) is 35.9. The Morgan fingerprint density at radius 3 is 2.52 bits per heavy atom. The molecule has 0 aromatic heterocycles. The molecule has 6 heteroatoms. The number of hydrogen-bond donors (Lipinski definition) is 1. The van der Waals surface area contributed by atoms with Crippen LogP contribution in [0.2, 0.25) is 0 Å². The van der Waals surface area contributed by atoms with Gasteiger partial charge < -0.3 is 14.8 Å². The van der Waals surface area contributed by atoms with E-state index in [1.165, 1.54) is 0 Å². The van der Waals surface area contributed by atoms with Crippen LogP contribution < -0.4 is 10.1 Å². The third-order valence-corrected chi connectivity index (χ3v) is 3.41. The molecule has 1 amide bonds. The van der Waals surface area contributed by atoms with E-state index in [2.05, 4.69) is 5.32 Å². The Bertz CT molecular complexity index is 552. The summed E-state index contributed by atoms with van der Waals surface area (Å²) in [5.74, 6) is -3.08. The molecule has 0 radical (unpaired) electrons. The Kier molecular flexibility index (Phi) is 4.57. The van der Waals surface area contributed by atoms with Crippen molar-refractivity contribution in [1.29, 1.82) is 0 Å². The molecule has 1 N–H and O–H groups in total. The largest absolute Gasteiger partial charge is 0.497 e. The monoisotopic (exact) mass is 291 g/mol. The molecule has 0 bridgehead atoms. The number of hydrogen-bond acceptors (Lipinski definition) is 5. The fraction of sp³-hybridized carbons (Fsp3) is 0.400. The number of piperidine rings is 1. The molecule has 6 nitrogen and oxygen atoms in total. The lowest BCUT2D eigenvalue weighted by molar-refractivity contribution is -0.157. The fourth-order valence-electron chi connectivity index (χ4n) is 2.30. The highest BCUT2D eigenvalue weighted by Gasteiger charge is 2.43. The van der Waals surface area contributed by atoms with E-state index in [0.29, 0.717) is 5.75 Å². The second-order valence-electron chi connectivity index (χ2n) is 4.66. The molecule has 1 aliphatic heterocycles. The van der Waals surface area contributed by atoms with Crippen LogP contribution in [0.25, 0.3) is 0 Å². The zero-order valence-electron chi connectivity index (χ0n) is 11.9. The van der Waals surface area contributed by atoms with E-state index < -0.39 is 29.5 Å². The quantitative estimate of drug-likeness (QED) is 0.651. The minimum atomic E-state index is -1.38. The van der Waals surface area contributed by atoms with Crippen molar-refractivity contribution < 1.29 is 23.9 Å². The van der Waals surface area contributed by atoms with Gasteiger partial charge in [0.2, 0.25) is 5.91 Å². The SMILES string of the molecule is CCOC(=O)C1C(=O)NCC(c2ccc(OC)cc2)C1=O. The smallest absolute Gasteiger partial charge is 0.326 e. The molecule has 112 valence electrons. The summed E-state index contributed by atoms with van der Waals surface area (Å²) in [6.07, 6.45) is 0. The lowest BCUT2D eigenvalue weighted by Gasteiger charge is -2.27. The molecule has 2 unspecified atom stereocenters. The summed E-state index contributed by atoms with van der Waals surface area (Å²) in [6.45, 7) is 1.94. The molecule has 1 fully saturated rings. The van der Waals surface area contributed by atoms with Crippen molar-refractivity contribution in [2.24, 2.45) is 5.92 Å². The van der Waals surface area contributed by atoms with E-state index in [9.17, 15) is 14.4 Å². The first-order chi connectivity index (χ1) is 10.1. The van der Waals surface area contributed by atoms with E-state index in [1.54, 1.807) is 38.3 Å². The molecule has 0 spiro atoms. The summed E-state index contributed by atoms with van der Waals surface area (Å²) in [6, 6.07) is 6.97. The first-order valence-corrected chi connectivity index (χ1v) is 6.70. The van der Waals surface area contributed by atoms with Gasteiger partial charge in [-0.15, -0.1) is 0 Å². The Morgan fingerprint density at radius 1 is 1.29 bits per heavy atom. The maximum Gasteiger partial charge on any atom is 0.326 e. The second-order valence-corrected chi connectivity index (χ2v) is 4.66. The fourth-order valence-corrected chi connectivity index (χ4v) is 2.30. The molecule has 0 aliphatic carbocycles. The van der Waals surface area contributed by atoms with Crippen LogP contribution in [0, 0.1) is 5.92 Å². The average Bonchev–Trinajstić information content (AvgIpc) is 2.48. The van der Waals surface area contributed by atoms with Gasteiger partial charge in [-0.1, -0.05) is 12.1 Å². The number of ketones is 1. The van der Waals surface area contributed by atoms with Gasteiger partial charge in [-0.3, -0.25) is 14.4 Å². The van der Waals surface area contributed by atoms with Gasteiger partial charge in [0, 0.05) is 6.54 Å². The first-order valence-electron chi connectivity index (χ1n) is 6.70. The Hall–Kier alpha value is -2.37. The number of carbonyl (C=O) groups is 3. The number of methoxy groups -OCH3 is 1. The highest BCUT2D eigenvalue weighted by Crippen LogP contribution is 2.26. The summed E-state index contributed by atoms with van der Waals surface area (Å²) in [5, 5.41) is 2.59. The van der Waals surface area contributed by atoms with Gasteiger partial charge in [0.05, 0.1) is 19.6 Å². The van der Waals surface area contributed by atoms with E-state index in [0.717, 1.165) is 5.56 Å². The lowest BCUT2D eigenvalue weighted by Crippen LogP contribution is -2.50. The van der Waals surface area contributed by atoms with Crippen molar-refractivity contribution >= 4 is 17.7 Å².